The van der Waals surface area contributed by atoms with Gasteiger partial charge in [0.05, 0.1) is 17.9 Å². The summed E-state index contributed by atoms with van der Waals surface area (Å²) in [6.07, 6.45) is 1.44. The summed E-state index contributed by atoms with van der Waals surface area (Å²) in [7, 11) is -4.04. The van der Waals surface area contributed by atoms with Gasteiger partial charge in [-0.3, -0.25) is 14.6 Å². The zero-order valence-corrected chi connectivity index (χ0v) is 19.3. The quantitative estimate of drug-likeness (QED) is 0.234. The van der Waals surface area contributed by atoms with Crippen molar-refractivity contribution in [2.75, 3.05) is 26.2 Å². The molecule has 12 nitrogen and oxygen atoms in total. The first-order chi connectivity index (χ1) is 15.8. The van der Waals surface area contributed by atoms with Crippen LogP contribution in [0.1, 0.15) is 16.4 Å². The minimum Gasteiger partial charge on any atom is -0.480 e. The fourth-order valence-electron chi connectivity index (χ4n) is 2.87. The van der Waals surface area contributed by atoms with Gasteiger partial charge in [-0.15, -0.1) is 21.5 Å². The van der Waals surface area contributed by atoms with Crippen LogP contribution in [0.4, 0.5) is 0 Å². The molecule has 0 saturated heterocycles. The van der Waals surface area contributed by atoms with Gasteiger partial charge in [0.15, 0.2) is 5.96 Å². The summed E-state index contributed by atoms with van der Waals surface area (Å²) in [6.45, 7) is 1.94. The molecule has 5 N–H and O–H groups in total. The number of sulfonamides is 1. The Bertz CT molecular complexity index is 1090. The van der Waals surface area contributed by atoms with Gasteiger partial charge in [-0.1, -0.05) is 18.2 Å². The van der Waals surface area contributed by atoms with Gasteiger partial charge in [0.25, 0.3) is 0 Å². The molecule has 1 atom stereocenters. The molecule has 178 valence electrons. The van der Waals surface area contributed by atoms with E-state index >= 15 is 0 Å². The maximum absolute atomic E-state index is 12.4. The molecule has 0 spiro atoms. The lowest BCUT2D eigenvalue weighted by molar-refractivity contribution is -0.138. The Kier molecular flexibility index (Phi) is 8.68. The maximum atomic E-state index is 12.4. The standard InChI is InChI=1S/C19H25N7O5S2/c27-15(11-17-25-24-16(32-17)7-4-8-20-19-21-9-10-22-19)23-12-14(18(28)29)26-33(30,31)13-5-2-1-3-6-13/h1-3,5-6,14,26H,4,7-12H2,(H,23,27)(H,28,29)(H2,20,21,22). The van der Waals surface area contributed by atoms with E-state index in [1.165, 1.54) is 35.6 Å². The van der Waals surface area contributed by atoms with Gasteiger partial charge < -0.3 is 21.1 Å². The number of benzene rings is 1. The summed E-state index contributed by atoms with van der Waals surface area (Å²) in [5, 5.41) is 27.5. The first-order valence-electron chi connectivity index (χ1n) is 10.2. The molecule has 0 aliphatic carbocycles. The van der Waals surface area contributed by atoms with E-state index < -0.39 is 34.5 Å². The van der Waals surface area contributed by atoms with Crippen molar-refractivity contribution in [3.05, 3.63) is 40.3 Å². The molecule has 0 fully saturated rings. The van der Waals surface area contributed by atoms with Crippen LogP contribution < -0.4 is 20.7 Å². The smallest absolute Gasteiger partial charge is 0.323 e. The molecule has 1 aromatic heterocycles. The fourth-order valence-corrected chi connectivity index (χ4v) is 4.97. The predicted molar refractivity (Wildman–Crippen MR) is 121 cm³/mol. The molecule has 0 saturated carbocycles. The highest BCUT2D eigenvalue weighted by Crippen LogP contribution is 2.12. The van der Waals surface area contributed by atoms with Crippen LogP contribution in [0, 0.1) is 0 Å². The van der Waals surface area contributed by atoms with Crippen molar-refractivity contribution in [1.29, 1.82) is 0 Å². The summed E-state index contributed by atoms with van der Waals surface area (Å²) in [5.41, 5.74) is 0. The Morgan fingerprint density at radius 1 is 1.18 bits per heavy atom. The summed E-state index contributed by atoms with van der Waals surface area (Å²) >= 11 is 1.31. The van der Waals surface area contributed by atoms with Crippen LogP contribution in [-0.2, 0) is 32.5 Å². The van der Waals surface area contributed by atoms with E-state index in [1.807, 2.05) is 0 Å². The zero-order valence-electron chi connectivity index (χ0n) is 17.7. The first kappa shape index (κ1) is 24.5. The summed E-state index contributed by atoms with van der Waals surface area (Å²) in [6, 6.07) is 5.88. The summed E-state index contributed by atoms with van der Waals surface area (Å²) < 4.78 is 26.8. The number of amides is 1. The van der Waals surface area contributed by atoms with Crippen molar-refractivity contribution in [3.8, 4) is 0 Å². The average Bonchev–Trinajstić information content (AvgIpc) is 3.47. The number of carboxylic acids is 1. The molecule has 1 amide bonds. The molecule has 1 aliphatic heterocycles. The lowest BCUT2D eigenvalue weighted by Gasteiger charge is -2.15. The third kappa shape index (κ3) is 7.76. The van der Waals surface area contributed by atoms with Gasteiger partial charge in [-0.05, 0) is 18.6 Å². The van der Waals surface area contributed by atoms with Crippen LogP contribution >= 0.6 is 11.3 Å². The Hall–Kier alpha value is -3.10. The van der Waals surface area contributed by atoms with Crippen LogP contribution in [0.3, 0.4) is 0 Å². The van der Waals surface area contributed by atoms with Crippen molar-refractivity contribution in [1.82, 2.24) is 30.9 Å². The second-order valence-electron chi connectivity index (χ2n) is 7.08. The molecule has 1 aliphatic rings. The number of nitrogens with zero attached hydrogens (tertiary/aromatic N) is 3. The fraction of sp³-hybridized carbons (Fsp3) is 0.421. The number of hydrogen-bond acceptors (Lipinski definition) is 10. The Labute approximate surface area is 195 Å². The van der Waals surface area contributed by atoms with Crippen LogP contribution in [0.25, 0.3) is 0 Å². The normalized spacial score (nSPS) is 14.2. The largest absolute Gasteiger partial charge is 0.480 e. The van der Waals surface area contributed by atoms with E-state index in [4.69, 9.17) is 0 Å². The van der Waals surface area contributed by atoms with Crippen LogP contribution in [0.2, 0.25) is 0 Å². The zero-order chi connectivity index (χ0) is 23.7. The molecular weight excluding hydrogens is 470 g/mol. The number of aliphatic carboxylic acids is 1. The van der Waals surface area contributed by atoms with Crippen molar-refractivity contribution < 1.29 is 23.1 Å². The van der Waals surface area contributed by atoms with E-state index in [-0.39, 0.29) is 11.3 Å². The highest BCUT2D eigenvalue weighted by atomic mass is 32.2. The summed E-state index contributed by atoms with van der Waals surface area (Å²) in [5.74, 6) is -1.08. The molecule has 3 rings (SSSR count). The number of hydrogen-bond donors (Lipinski definition) is 5. The number of aromatic nitrogens is 2. The number of carboxylic acid groups (broad SMARTS) is 1. The number of aryl methyl sites for hydroxylation is 1. The molecule has 1 unspecified atom stereocenters. The maximum Gasteiger partial charge on any atom is 0.323 e. The number of rotatable bonds is 12. The number of carbonyl (C=O) groups is 2. The molecule has 0 bridgehead atoms. The van der Waals surface area contributed by atoms with Crippen molar-refractivity contribution in [3.63, 3.8) is 0 Å². The van der Waals surface area contributed by atoms with Crippen LogP contribution in [0.5, 0.6) is 0 Å². The number of nitrogens with one attached hydrogen (secondary N) is 4. The lowest BCUT2D eigenvalue weighted by Crippen LogP contribution is -2.48. The van der Waals surface area contributed by atoms with Gasteiger partial charge in [-0.25, -0.2) is 8.42 Å². The summed E-state index contributed by atoms with van der Waals surface area (Å²) in [4.78, 5) is 27.9. The van der Waals surface area contributed by atoms with E-state index in [0.29, 0.717) is 11.4 Å². The highest BCUT2D eigenvalue weighted by molar-refractivity contribution is 7.89. The SMILES string of the molecule is O=C(Cc1nnc(CCCNC2=NCCN2)s1)NCC(NS(=O)(=O)c1ccccc1)C(=O)O. The predicted octanol–water partition coefficient (Wildman–Crippen LogP) is -0.890. The Balaban J connectivity index is 1.43. The molecule has 33 heavy (non-hydrogen) atoms. The van der Waals surface area contributed by atoms with E-state index in [1.54, 1.807) is 6.07 Å². The third-order valence-corrected chi connectivity index (χ3v) is 6.98. The second kappa shape index (κ2) is 11.7. The van der Waals surface area contributed by atoms with Gasteiger partial charge >= 0.3 is 5.97 Å². The molecular formula is C19H25N7O5S2. The van der Waals surface area contributed by atoms with Crippen LogP contribution in [-0.4, -0.2) is 73.8 Å². The van der Waals surface area contributed by atoms with E-state index in [0.717, 1.165) is 37.0 Å². The van der Waals surface area contributed by atoms with Crippen molar-refractivity contribution >= 4 is 39.2 Å². The number of carbonyl (C=O) groups excluding carboxylic acids is 1. The minimum atomic E-state index is -4.04. The number of guanidine groups is 1. The van der Waals surface area contributed by atoms with Crippen molar-refractivity contribution in [2.24, 2.45) is 4.99 Å². The average molecular weight is 496 g/mol. The first-order valence-corrected chi connectivity index (χ1v) is 12.5. The van der Waals surface area contributed by atoms with Gasteiger partial charge in [0.2, 0.25) is 15.9 Å². The van der Waals surface area contributed by atoms with E-state index in [9.17, 15) is 23.1 Å². The van der Waals surface area contributed by atoms with Crippen LogP contribution in [0.15, 0.2) is 40.2 Å². The second-order valence-corrected chi connectivity index (χ2v) is 9.94. The van der Waals surface area contributed by atoms with Gasteiger partial charge in [0.1, 0.15) is 16.1 Å². The number of aliphatic imine (C=N–C) groups is 1. The van der Waals surface area contributed by atoms with Gasteiger partial charge in [0, 0.05) is 26.1 Å². The highest BCUT2D eigenvalue weighted by Gasteiger charge is 2.26. The molecule has 0 radical (unpaired) electrons. The lowest BCUT2D eigenvalue weighted by atomic mass is 10.3. The monoisotopic (exact) mass is 495 g/mol. The molecule has 14 heteroatoms. The molecule has 2 aromatic rings. The van der Waals surface area contributed by atoms with E-state index in [2.05, 4.69) is 35.9 Å². The van der Waals surface area contributed by atoms with Crippen molar-refractivity contribution in [2.45, 2.75) is 30.2 Å². The molecule has 2 heterocycles. The molecule has 1 aromatic carbocycles. The minimum absolute atomic E-state index is 0.0633. The topological polar surface area (TPSA) is 175 Å². The Morgan fingerprint density at radius 2 is 1.94 bits per heavy atom. The Morgan fingerprint density at radius 3 is 2.64 bits per heavy atom. The third-order valence-electron chi connectivity index (χ3n) is 4.51. The van der Waals surface area contributed by atoms with Gasteiger partial charge in [-0.2, -0.15) is 4.72 Å².